The van der Waals surface area contributed by atoms with Crippen molar-refractivity contribution in [1.29, 1.82) is 0 Å². The van der Waals surface area contributed by atoms with Crippen LogP contribution in [0, 0.1) is 0 Å². The average Bonchev–Trinajstić information content (AvgIpc) is 3.44. The van der Waals surface area contributed by atoms with Crippen molar-refractivity contribution in [3.8, 4) is 5.75 Å². The molecule has 1 aliphatic rings. The second-order valence-electron chi connectivity index (χ2n) is 8.97. The number of rotatable bonds is 8. The smallest absolute Gasteiger partial charge is 0.337 e. The van der Waals surface area contributed by atoms with Crippen LogP contribution in [-0.4, -0.2) is 53.3 Å². The number of esters is 1. The predicted molar refractivity (Wildman–Crippen MR) is 153 cm³/mol. The molecule has 1 aromatic heterocycles. The van der Waals surface area contributed by atoms with Crippen LogP contribution in [0.5, 0.6) is 5.75 Å². The Kier molecular flexibility index (Phi) is 7.70. The number of nitrogens with one attached hydrogen (secondary N) is 1. The molecule has 0 saturated carbocycles. The van der Waals surface area contributed by atoms with Gasteiger partial charge in [0.15, 0.2) is 0 Å². The minimum absolute atomic E-state index is 0.234. The van der Waals surface area contributed by atoms with Gasteiger partial charge in [0.2, 0.25) is 5.91 Å². The van der Waals surface area contributed by atoms with Crippen LogP contribution in [0.3, 0.4) is 0 Å². The van der Waals surface area contributed by atoms with E-state index in [-0.39, 0.29) is 4.91 Å². The highest BCUT2D eigenvalue weighted by Crippen LogP contribution is 2.34. The number of aromatic nitrogens is 1. The maximum absolute atomic E-state index is 13.1. The van der Waals surface area contributed by atoms with Crippen molar-refractivity contribution in [3.05, 3.63) is 101 Å². The largest absolute Gasteiger partial charge is 0.497 e. The van der Waals surface area contributed by atoms with E-state index < -0.39 is 29.6 Å². The third kappa shape index (κ3) is 5.62. The van der Waals surface area contributed by atoms with Crippen molar-refractivity contribution in [1.82, 2.24) is 9.47 Å². The van der Waals surface area contributed by atoms with Gasteiger partial charge in [-0.3, -0.25) is 19.3 Å². The first-order chi connectivity index (χ1) is 19.4. The summed E-state index contributed by atoms with van der Waals surface area (Å²) >= 11 is 0.801. The fraction of sp³-hybridized carbons (Fsp3) is 0.133. The van der Waals surface area contributed by atoms with Gasteiger partial charge in [0.1, 0.15) is 12.3 Å². The van der Waals surface area contributed by atoms with Crippen molar-refractivity contribution < 1.29 is 28.7 Å². The Labute approximate surface area is 234 Å². The molecule has 4 aromatic rings. The summed E-state index contributed by atoms with van der Waals surface area (Å²) < 4.78 is 12.0. The Balaban J connectivity index is 1.35. The number of para-hydroxylation sites is 1. The number of benzene rings is 3. The first-order valence-corrected chi connectivity index (χ1v) is 13.1. The van der Waals surface area contributed by atoms with E-state index in [1.807, 2.05) is 41.1 Å². The normalized spacial score (nSPS) is 14.2. The van der Waals surface area contributed by atoms with E-state index in [0.717, 1.165) is 38.7 Å². The number of nitrogens with zero attached hydrogens (tertiary/aromatic N) is 2. The maximum Gasteiger partial charge on any atom is 0.337 e. The standard InChI is InChI=1S/C30H25N3O6S/c1-38-23-12-10-22(11-13-23)31-27(34)18-33-28(35)26(40-30(33)37)15-21-17-32(25-9-4-3-8-24(21)25)16-19-6-5-7-20(14-19)29(36)39-2/h3-15,17H,16,18H2,1-2H3,(H,31,34)/b26-15-. The van der Waals surface area contributed by atoms with Gasteiger partial charge < -0.3 is 19.4 Å². The predicted octanol–water partition coefficient (Wildman–Crippen LogP) is 5.16. The summed E-state index contributed by atoms with van der Waals surface area (Å²) in [6, 6.07) is 21.7. The molecule has 1 saturated heterocycles. The highest BCUT2D eigenvalue weighted by molar-refractivity contribution is 8.18. The highest BCUT2D eigenvalue weighted by atomic mass is 32.2. The lowest BCUT2D eigenvalue weighted by atomic mass is 10.1. The summed E-state index contributed by atoms with van der Waals surface area (Å²) in [6.45, 7) is 0.0819. The number of fused-ring (bicyclic) bond motifs is 1. The van der Waals surface area contributed by atoms with Gasteiger partial charge in [-0.2, -0.15) is 0 Å². The molecular formula is C30H25N3O6S. The zero-order chi connectivity index (χ0) is 28.2. The molecule has 1 N–H and O–H groups in total. The molecule has 0 aliphatic carbocycles. The Morgan fingerprint density at radius 2 is 1.75 bits per heavy atom. The number of thioether (sulfide) groups is 1. The number of ether oxygens (including phenoxy) is 2. The Hall–Kier alpha value is -4.83. The SMILES string of the molecule is COC(=O)c1cccc(Cn2cc(/C=C3\SC(=O)N(CC(=O)Nc4ccc(OC)cc4)C3=O)c3ccccc32)c1. The van der Waals surface area contributed by atoms with Crippen LogP contribution in [0.25, 0.3) is 17.0 Å². The van der Waals surface area contributed by atoms with Gasteiger partial charge in [0.05, 0.1) is 24.7 Å². The van der Waals surface area contributed by atoms with Gasteiger partial charge in [0, 0.05) is 34.9 Å². The van der Waals surface area contributed by atoms with E-state index in [1.54, 1.807) is 55.7 Å². The molecule has 0 spiro atoms. The fourth-order valence-corrected chi connectivity index (χ4v) is 5.26. The molecule has 0 unspecified atom stereocenters. The van der Waals surface area contributed by atoms with Gasteiger partial charge in [-0.25, -0.2) is 4.79 Å². The van der Waals surface area contributed by atoms with Crippen LogP contribution in [0.1, 0.15) is 21.5 Å². The molecule has 40 heavy (non-hydrogen) atoms. The molecule has 10 heteroatoms. The van der Waals surface area contributed by atoms with E-state index in [4.69, 9.17) is 9.47 Å². The van der Waals surface area contributed by atoms with Crippen LogP contribution in [0.2, 0.25) is 0 Å². The van der Waals surface area contributed by atoms with E-state index in [9.17, 15) is 19.2 Å². The molecule has 0 bridgehead atoms. The van der Waals surface area contributed by atoms with Gasteiger partial charge in [-0.15, -0.1) is 0 Å². The van der Waals surface area contributed by atoms with Crippen LogP contribution in [-0.2, 0) is 20.9 Å². The topological polar surface area (TPSA) is 107 Å². The van der Waals surface area contributed by atoms with Crippen molar-refractivity contribution in [3.63, 3.8) is 0 Å². The molecule has 3 aromatic carbocycles. The number of carbonyl (C=O) groups excluding carboxylic acids is 4. The number of carbonyl (C=O) groups is 4. The Morgan fingerprint density at radius 1 is 0.975 bits per heavy atom. The van der Waals surface area contributed by atoms with Crippen molar-refractivity contribution in [2.45, 2.75) is 6.54 Å². The maximum atomic E-state index is 13.1. The third-order valence-corrected chi connectivity index (χ3v) is 7.26. The van der Waals surface area contributed by atoms with Gasteiger partial charge in [0.25, 0.3) is 11.1 Å². The molecule has 5 rings (SSSR count). The number of anilines is 1. The second kappa shape index (κ2) is 11.5. The molecule has 9 nitrogen and oxygen atoms in total. The number of amides is 3. The van der Waals surface area contributed by atoms with Gasteiger partial charge in [-0.05, 0) is 65.9 Å². The number of imide groups is 1. The van der Waals surface area contributed by atoms with E-state index in [0.29, 0.717) is 23.5 Å². The van der Waals surface area contributed by atoms with E-state index >= 15 is 0 Å². The molecule has 0 atom stereocenters. The minimum Gasteiger partial charge on any atom is -0.497 e. The van der Waals surface area contributed by atoms with Crippen molar-refractivity contribution in [2.24, 2.45) is 0 Å². The van der Waals surface area contributed by atoms with Gasteiger partial charge in [-0.1, -0.05) is 30.3 Å². The lowest BCUT2D eigenvalue weighted by Gasteiger charge is -2.12. The minimum atomic E-state index is -0.525. The van der Waals surface area contributed by atoms with E-state index in [1.165, 1.54) is 7.11 Å². The molecule has 202 valence electrons. The summed E-state index contributed by atoms with van der Waals surface area (Å²) in [7, 11) is 2.89. The Bertz CT molecular complexity index is 1660. The quantitative estimate of drug-likeness (QED) is 0.236. The molecule has 0 radical (unpaired) electrons. The monoisotopic (exact) mass is 555 g/mol. The summed E-state index contributed by atoms with van der Waals surface area (Å²) in [5.74, 6) is -0.777. The second-order valence-corrected chi connectivity index (χ2v) is 9.96. The lowest BCUT2D eigenvalue weighted by Crippen LogP contribution is -2.36. The first kappa shape index (κ1) is 26.8. The number of methoxy groups -OCH3 is 2. The zero-order valence-electron chi connectivity index (χ0n) is 21.7. The summed E-state index contributed by atoms with van der Waals surface area (Å²) in [5, 5.41) is 3.08. The van der Waals surface area contributed by atoms with Crippen molar-refractivity contribution in [2.75, 3.05) is 26.1 Å². The zero-order valence-corrected chi connectivity index (χ0v) is 22.6. The summed E-state index contributed by atoms with van der Waals surface area (Å²) in [6.07, 6.45) is 3.58. The van der Waals surface area contributed by atoms with Crippen LogP contribution in [0.4, 0.5) is 10.5 Å². The summed E-state index contributed by atoms with van der Waals surface area (Å²) in [5.41, 5.74) is 3.57. The Morgan fingerprint density at radius 3 is 2.50 bits per heavy atom. The fourth-order valence-electron chi connectivity index (χ4n) is 4.43. The molecule has 1 aliphatic heterocycles. The third-order valence-electron chi connectivity index (χ3n) is 6.36. The van der Waals surface area contributed by atoms with E-state index in [2.05, 4.69) is 5.32 Å². The molecule has 2 heterocycles. The molecule has 1 fully saturated rings. The molecular weight excluding hydrogens is 530 g/mol. The first-order valence-electron chi connectivity index (χ1n) is 12.3. The number of hydrogen-bond donors (Lipinski definition) is 1. The van der Waals surface area contributed by atoms with Crippen LogP contribution < -0.4 is 10.1 Å². The highest BCUT2D eigenvalue weighted by Gasteiger charge is 2.36. The van der Waals surface area contributed by atoms with Crippen LogP contribution >= 0.6 is 11.8 Å². The molecule has 3 amide bonds. The van der Waals surface area contributed by atoms with Crippen LogP contribution in [0.15, 0.2) is 83.9 Å². The average molecular weight is 556 g/mol. The van der Waals surface area contributed by atoms with Gasteiger partial charge >= 0.3 is 5.97 Å². The summed E-state index contributed by atoms with van der Waals surface area (Å²) in [4.78, 5) is 51.5. The van der Waals surface area contributed by atoms with Crippen molar-refractivity contribution >= 4 is 57.5 Å². The lowest BCUT2D eigenvalue weighted by molar-refractivity contribution is -0.127. The number of hydrogen-bond acceptors (Lipinski definition) is 7.